The maximum atomic E-state index is 10.9. The van der Waals surface area contributed by atoms with Crippen molar-refractivity contribution in [3.05, 3.63) is 29.8 Å². The number of ether oxygens (including phenoxy) is 2. The molecule has 1 aliphatic rings. The summed E-state index contributed by atoms with van der Waals surface area (Å²) in [6, 6.07) is 6.30. The van der Waals surface area contributed by atoms with Crippen LogP contribution in [0.15, 0.2) is 24.3 Å². The summed E-state index contributed by atoms with van der Waals surface area (Å²) in [4.78, 5) is 10.9. The molecule has 20 heavy (non-hydrogen) atoms. The third-order valence-electron chi connectivity index (χ3n) is 3.14. The lowest BCUT2D eigenvalue weighted by atomic mass is 9.99. The molecular weight excluding hydrogens is 268 g/mol. The lowest BCUT2D eigenvalue weighted by Gasteiger charge is -2.39. The molecule has 4 N–H and O–H groups in total. The van der Waals surface area contributed by atoms with Gasteiger partial charge in [0.05, 0.1) is 12.2 Å². The van der Waals surface area contributed by atoms with Crippen LogP contribution in [0.25, 0.3) is 0 Å². The van der Waals surface area contributed by atoms with Gasteiger partial charge in [0.1, 0.15) is 30.2 Å². The van der Waals surface area contributed by atoms with Crippen LogP contribution in [0.1, 0.15) is 10.4 Å². The van der Waals surface area contributed by atoms with E-state index in [9.17, 15) is 20.1 Å². The fourth-order valence-corrected chi connectivity index (χ4v) is 1.98. The van der Waals surface area contributed by atoms with Crippen molar-refractivity contribution >= 4 is 6.29 Å². The van der Waals surface area contributed by atoms with E-state index < -0.39 is 37.3 Å². The molecule has 1 aliphatic heterocycles. The molecule has 2 rings (SSSR count). The number of hydrogen-bond donors (Lipinski definition) is 4. The normalized spacial score (nSPS) is 33.7. The molecule has 0 radical (unpaired) electrons. The summed E-state index contributed by atoms with van der Waals surface area (Å²) < 4.78 is 10.5. The maximum absolute atomic E-state index is 10.9. The molecule has 1 saturated heterocycles. The van der Waals surface area contributed by atoms with E-state index in [1.807, 2.05) is 0 Å². The molecule has 0 aromatic heterocycles. The summed E-state index contributed by atoms with van der Waals surface area (Å²) in [6.07, 6.45) is -6.24. The van der Waals surface area contributed by atoms with E-state index in [0.29, 0.717) is 6.29 Å². The highest BCUT2D eigenvalue weighted by Crippen LogP contribution is 2.25. The monoisotopic (exact) mass is 284 g/mol. The Morgan fingerprint density at radius 2 is 1.85 bits per heavy atom. The molecule has 0 aliphatic carbocycles. The average Bonchev–Trinajstić information content (AvgIpc) is 2.48. The molecular formula is C13H16O7. The number of aliphatic hydroxyl groups excluding tert-OH is 4. The first-order valence-corrected chi connectivity index (χ1v) is 6.10. The molecule has 1 heterocycles. The van der Waals surface area contributed by atoms with Crippen molar-refractivity contribution in [3.63, 3.8) is 0 Å². The van der Waals surface area contributed by atoms with Gasteiger partial charge in [-0.25, -0.2) is 0 Å². The zero-order valence-corrected chi connectivity index (χ0v) is 10.5. The molecule has 0 spiro atoms. The first-order valence-electron chi connectivity index (χ1n) is 6.10. The Hall–Kier alpha value is -1.51. The Balaban J connectivity index is 2.17. The fraction of sp³-hybridized carbons (Fsp3) is 0.462. The smallest absolute Gasteiger partial charge is 0.229 e. The summed E-state index contributed by atoms with van der Waals surface area (Å²) in [5.41, 5.74) is 0.254. The molecule has 0 saturated carbocycles. The van der Waals surface area contributed by atoms with Gasteiger partial charge in [0.15, 0.2) is 6.29 Å². The van der Waals surface area contributed by atoms with Crippen molar-refractivity contribution in [1.29, 1.82) is 0 Å². The lowest BCUT2D eigenvalue weighted by Crippen LogP contribution is -2.60. The van der Waals surface area contributed by atoms with Gasteiger partial charge in [-0.3, -0.25) is 4.79 Å². The van der Waals surface area contributed by atoms with E-state index >= 15 is 0 Å². The zero-order chi connectivity index (χ0) is 14.7. The predicted octanol–water partition coefficient (Wildman–Crippen LogP) is -1.32. The second-order valence-electron chi connectivity index (χ2n) is 4.47. The van der Waals surface area contributed by atoms with Crippen molar-refractivity contribution in [2.45, 2.75) is 30.7 Å². The maximum Gasteiger partial charge on any atom is 0.229 e. The minimum absolute atomic E-state index is 0.173. The van der Waals surface area contributed by atoms with Crippen molar-refractivity contribution in [3.8, 4) is 5.75 Å². The van der Waals surface area contributed by atoms with Gasteiger partial charge in [0.2, 0.25) is 6.29 Å². The number of carbonyl (C=O) groups excluding carboxylic acids is 1. The molecule has 5 atom stereocenters. The van der Waals surface area contributed by atoms with Crippen LogP contribution in [0, 0.1) is 0 Å². The van der Waals surface area contributed by atoms with E-state index in [2.05, 4.69) is 0 Å². The fourth-order valence-electron chi connectivity index (χ4n) is 1.98. The minimum atomic E-state index is -1.52. The highest BCUT2D eigenvalue weighted by molar-refractivity contribution is 5.79. The number of carbonyl (C=O) groups is 1. The molecule has 110 valence electrons. The number of aldehydes is 1. The Kier molecular flexibility index (Phi) is 4.69. The number of rotatable bonds is 4. The Morgan fingerprint density at radius 1 is 1.15 bits per heavy atom. The van der Waals surface area contributed by atoms with Crippen molar-refractivity contribution in [2.24, 2.45) is 0 Å². The number of hydrogen-bond acceptors (Lipinski definition) is 7. The topological polar surface area (TPSA) is 116 Å². The van der Waals surface area contributed by atoms with Crippen LogP contribution in [-0.4, -0.2) is 64.0 Å². The highest BCUT2D eigenvalue weighted by atomic mass is 16.7. The van der Waals surface area contributed by atoms with Crippen LogP contribution in [0.5, 0.6) is 5.75 Å². The number of benzene rings is 1. The summed E-state index contributed by atoms with van der Waals surface area (Å²) >= 11 is 0. The highest BCUT2D eigenvalue weighted by Gasteiger charge is 2.44. The van der Waals surface area contributed by atoms with Gasteiger partial charge in [-0.05, 0) is 12.1 Å². The quantitative estimate of drug-likeness (QED) is 0.507. The third-order valence-corrected chi connectivity index (χ3v) is 3.14. The Bertz CT molecular complexity index is 462. The molecule has 0 amide bonds. The predicted molar refractivity (Wildman–Crippen MR) is 66.2 cm³/mol. The molecule has 1 aromatic carbocycles. The van der Waals surface area contributed by atoms with Crippen molar-refractivity contribution in [2.75, 3.05) is 6.61 Å². The molecule has 1 aromatic rings. The first kappa shape index (κ1) is 14.9. The average molecular weight is 284 g/mol. The van der Waals surface area contributed by atoms with Crippen LogP contribution >= 0.6 is 0 Å². The van der Waals surface area contributed by atoms with E-state index in [4.69, 9.17) is 14.6 Å². The van der Waals surface area contributed by atoms with Crippen molar-refractivity contribution in [1.82, 2.24) is 0 Å². The minimum Gasteiger partial charge on any atom is -0.461 e. The van der Waals surface area contributed by atoms with Crippen LogP contribution < -0.4 is 4.74 Å². The van der Waals surface area contributed by atoms with Crippen LogP contribution in [-0.2, 0) is 4.74 Å². The SMILES string of the molecule is O=Cc1ccccc1O[C@@H]1O[C@@H](CO)[C@@H](O)[C@@H](O)[C@@H]1O. The van der Waals surface area contributed by atoms with Crippen LogP contribution in [0.3, 0.4) is 0 Å². The van der Waals surface area contributed by atoms with Gasteiger partial charge in [0, 0.05) is 0 Å². The molecule has 7 heteroatoms. The second kappa shape index (κ2) is 6.29. The first-order chi connectivity index (χ1) is 9.58. The Morgan fingerprint density at radius 3 is 2.50 bits per heavy atom. The summed E-state index contributed by atoms with van der Waals surface area (Å²) in [7, 11) is 0. The van der Waals surface area contributed by atoms with Gasteiger partial charge in [-0.15, -0.1) is 0 Å². The lowest BCUT2D eigenvalue weighted by molar-refractivity contribution is -0.277. The van der Waals surface area contributed by atoms with E-state index in [-0.39, 0.29) is 11.3 Å². The number of para-hydroxylation sites is 1. The van der Waals surface area contributed by atoms with Gasteiger partial charge in [-0.2, -0.15) is 0 Å². The Labute approximate surface area is 115 Å². The standard InChI is InChI=1S/C13H16O7/c14-5-7-3-1-2-4-8(7)19-13-12(18)11(17)10(16)9(6-15)20-13/h1-5,9-13,15-18H,6H2/t9-,10+,11+,12-,13+/m0/s1. The zero-order valence-electron chi connectivity index (χ0n) is 10.5. The van der Waals surface area contributed by atoms with Crippen molar-refractivity contribution < 1.29 is 34.7 Å². The van der Waals surface area contributed by atoms with E-state index in [1.54, 1.807) is 12.1 Å². The summed E-state index contributed by atoms with van der Waals surface area (Å²) in [5, 5.41) is 38.1. The largest absolute Gasteiger partial charge is 0.461 e. The molecule has 7 nitrogen and oxygen atoms in total. The van der Waals surface area contributed by atoms with Gasteiger partial charge in [0.25, 0.3) is 0 Å². The molecule has 0 bridgehead atoms. The van der Waals surface area contributed by atoms with Crippen LogP contribution in [0.2, 0.25) is 0 Å². The van der Waals surface area contributed by atoms with Crippen LogP contribution in [0.4, 0.5) is 0 Å². The third kappa shape index (κ3) is 2.82. The van der Waals surface area contributed by atoms with Gasteiger partial charge >= 0.3 is 0 Å². The van der Waals surface area contributed by atoms with Gasteiger partial charge in [-0.1, -0.05) is 12.1 Å². The van der Waals surface area contributed by atoms with E-state index in [1.165, 1.54) is 12.1 Å². The molecule has 1 fully saturated rings. The van der Waals surface area contributed by atoms with E-state index in [0.717, 1.165) is 0 Å². The number of aliphatic hydroxyl groups is 4. The summed E-state index contributed by atoms with van der Waals surface area (Å²) in [6.45, 7) is -0.542. The molecule has 0 unspecified atom stereocenters. The summed E-state index contributed by atoms with van der Waals surface area (Å²) in [5.74, 6) is 0.173. The second-order valence-corrected chi connectivity index (χ2v) is 4.47. The van der Waals surface area contributed by atoms with Gasteiger partial charge < -0.3 is 29.9 Å².